The van der Waals surface area contributed by atoms with Gasteiger partial charge in [0, 0.05) is 5.56 Å². The number of rotatable bonds is 3. The Hall–Kier alpha value is -2.37. The molecule has 1 aromatic carbocycles. The lowest BCUT2D eigenvalue weighted by atomic mass is 10.2. The van der Waals surface area contributed by atoms with E-state index < -0.39 is 11.7 Å². The molecule has 0 aliphatic carbocycles. The molecule has 0 bridgehead atoms. The van der Waals surface area contributed by atoms with E-state index in [1.165, 1.54) is 0 Å². The number of nitrogens with zero attached hydrogens (tertiary/aromatic N) is 2. The Morgan fingerprint density at radius 1 is 1.35 bits per heavy atom. The largest absolute Gasteiger partial charge is 0.444 e. The highest BCUT2D eigenvalue weighted by molar-refractivity contribution is 5.67. The summed E-state index contributed by atoms with van der Waals surface area (Å²) < 4.78 is 10.6. The van der Waals surface area contributed by atoms with Crippen molar-refractivity contribution in [2.24, 2.45) is 0 Å². The van der Waals surface area contributed by atoms with E-state index in [0.29, 0.717) is 11.8 Å². The number of nitrogens with one attached hydrogen (secondary N) is 1. The van der Waals surface area contributed by atoms with E-state index >= 15 is 0 Å². The van der Waals surface area contributed by atoms with Gasteiger partial charge in [-0.25, -0.2) is 4.79 Å². The van der Waals surface area contributed by atoms with Crippen LogP contribution >= 0.6 is 0 Å². The third kappa shape index (κ3) is 4.08. The zero-order valence-corrected chi connectivity index (χ0v) is 11.6. The molecular weight excluding hydrogens is 258 g/mol. The van der Waals surface area contributed by atoms with Crippen molar-refractivity contribution in [2.75, 3.05) is 0 Å². The Bertz CT molecular complexity index is 573. The molecule has 6 heteroatoms. The van der Waals surface area contributed by atoms with Crippen LogP contribution in [0.4, 0.5) is 4.79 Å². The van der Waals surface area contributed by atoms with Gasteiger partial charge < -0.3 is 14.5 Å². The van der Waals surface area contributed by atoms with Crippen LogP contribution in [0, 0.1) is 6.07 Å². The van der Waals surface area contributed by atoms with E-state index in [2.05, 4.69) is 21.6 Å². The molecule has 6 nitrogen and oxygen atoms in total. The number of hydrogen-bond donors (Lipinski definition) is 1. The number of alkyl carbamates (subject to hydrolysis) is 1. The molecule has 0 unspecified atom stereocenters. The third-order valence-corrected chi connectivity index (χ3v) is 2.21. The topological polar surface area (TPSA) is 77.2 Å². The molecule has 0 aliphatic heterocycles. The van der Waals surface area contributed by atoms with Gasteiger partial charge in [-0.3, -0.25) is 0 Å². The van der Waals surface area contributed by atoms with Gasteiger partial charge in [0.15, 0.2) is 0 Å². The van der Waals surface area contributed by atoms with Crippen molar-refractivity contribution in [1.29, 1.82) is 0 Å². The minimum atomic E-state index is -0.537. The first-order chi connectivity index (χ1) is 9.44. The molecule has 0 fully saturated rings. The number of aromatic nitrogens is 2. The van der Waals surface area contributed by atoms with Crippen LogP contribution in [0.5, 0.6) is 0 Å². The second kappa shape index (κ2) is 5.73. The molecule has 0 spiro atoms. The molecule has 105 valence electrons. The van der Waals surface area contributed by atoms with E-state index in [9.17, 15) is 4.79 Å². The number of amides is 1. The maximum absolute atomic E-state index is 11.5. The molecule has 1 amide bonds. The smallest absolute Gasteiger partial charge is 0.408 e. The summed E-state index contributed by atoms with van der Waals surface area (Å²) in [4.78, 5) is 11.5. The highest BCUT2D eigenvalue weighted by Crippen LogP contribution is 2.16. The van der Waals surface area contributed by atoms with Gasteiger partial charge in [0.25, 0.3) is 0 Å². The van der Waals surface area contributed by atoms with Gasteiger partial charge >= 0.3 is 6.09 Å². The van der Waals surface area contributed by atoms with Crippen LogP contribution in [-0.4, -0.2) is 21.9 Å². The third-order valence-electron chi connectivity index (χ3n) is 2.21. The van der Waals surface area contributed by atoms with Gasteiger partial charge in [0.2, 0.25) is 11.8 Å². The van der Waals surface area contributed by atoms with Crippen LogP contribution in [-0.2, 0) is 11.3 Å². The number of ether oxygens (including phenoxy) is 1. The molecule has 2 rings (SSSR count). The van der Waals surface area contributed by atoms with Crippen molar-refractivity contribution in [2.45, 2.75) is 32.9 Å². The van der Waals surface area contributed by atoms with E-state index in [1.54, 1.807) is 32.9 Å². The second-order valence-electron chi connectivity index (χ2n) is 5.15. The molecule has 1 aromatic heterocycles. The standard InChI is InChI=1S/C14H16N3O3/c1-14(2,3)20-13(18)15-9-11-16-17-12(19-11)10-7-5-4-6-8-10/h5-8H,9H2,1-3H3,(H,15,18). The predicted molar refractivity (Wildman–Crippen MR) is 71.6 cm³/mol. The SMILES string of the molecule is CC(C)(C)OC(=O)NCc1nnc(-c2cc[c]cc2)o1. The zero-order valence-electron chi connectivity index (χ0n) is 11.6. The van der Waals surface area contributed by atoms with E-state index in [1.807, 2.05) is 12.1 Å². The van der Waals surface area contributed by atoms with Crippen LogP contribution in [0.15, 0.2) is 28.7 Å². The van der Waals surface area contributed by atoms with E-state index in [-0.39, 0.29) is 6.54 Å². The first kappa shape index (κ1) is 14.0. The molecule has 1 radical (unpaired) electrons. The molecule has 20 heavy (non-hydrogen) atoms. The average molecular weight is 274 g/mol. The molecule has 2 aromatic rings. The van der Waals surface area contributed by atoms with Crippen molar-refractivity contribution < 1.29 is 13.9 Å². The Morgan fingerprint density at radius 3 is 2.70 bits per heavy atom. The van der Waals surface area contributed by atoms with Crippen molar-refractivity contribution in [3.8, 4) is 11.5 Å². The summed E-state index contributed by atoms with van der Waals surface area (Å²) in [5.41, 5.74) is 0.268. The number of carbonyl (C=O) groups excluding carboxylic acids is 1. The lowest BCUT2D eigenvalue weighted by Crippen LogP contribution is -2.32. The van der Waals surface area contributed by atoms with Crippen LogP contribution in [0.2, 0.25) is 0 Å². The van der Waals surface area contributed by atoms with Crippen molar-refractivity contribution >= 4 is 6.09 Å². The molecule has 0 saturated heterocycles. The van der Waals surface area contributed by atoms with Gasteiger partial charge in [-0.1, -0.05) is 12.1 Å². The normalized spacial score (nSPS) is 11.2. The van der Waals surface area contributed by atoms with Crippen LogP contribution in [0.1, 0.15) is 26.7 Å². The Morgan fingerprint density at radius 2 is 2.05 bits per heavy atom. The summed E-state index contributed by atoms with van der Waals surface area (Å²) in [6.07, 6.45) is -0.522. The van der Waals surface area contributed by atoms with Gasteiger partial charge in [-0.15, -0.1) is 10.2 Å². The highest BCUT2D eigenvalue weighted by Gasteiger charge is 2.16. The van der Waals surface area contributed by atoms with Crippen molar-refractivity contribution in [3.63, 3.8) is 0 Å². The maximum atomic E-state index is 11.5. The molecular formula is C14H16N3O3. The summed E-state index contributed by atoms with van der Waals surface area (Å²) in [7, 11) is 0. The average Bonchev–Trinajstić information content (AvgIpc) is 2.84. The Labute approximate surface area is 117 Å². The van der Waals surface area contributed by atoms with Crippen LogP contribution < -0.4 is 5.32 Å². The summed E-state index contributed by atoms with van der Waals surface area (Å²) in [6, 6.07) is 10.1. The fourth-order valence-electron chi connectivity index (χ4n) is 1.43. The highest BCUT2D eigenvalue weighted by atomic mass is 16.6. The van der Waals surface area contributed by atoms with Gasteiger partial charge in [0.05, 0.1) is 6.54 Å². The predicted octanol–water partition coefficient (Wildman–Crippen LogP) is 2.56. The van der Waals surface area contributed by atoms with Crippen LogP contribution in [0.25, 0.3) is 11.5 Å². The minimum Gasteiger partial charge on any atom is -0.444 e. The number of hydrogen-bond acceptors (Lipinski definition) is 5. The molecule has 0 aliphatic rings. The van der Waals surface area contributed by atoms with Crippen molar-refractivity contribution in [1.82, 2.24) is 15.5 Å². The first-order valence-electron chi connectivity index (χ1n) is 6.20. The molecule has 1 N–H and O–H groups in total. The quantitative estimate of drug-likeness (QED) is 0.930. The number of benzene rings is 1. The lowest BCUT2D eigenvalue weighted by Gasteiger charge is -2.19. The fraction of sp³-hybridized carbons (Fsp3) is 0.357. The van der Waals surface area contributed by atoms with Crippen LogP contribution in [0.3, 0.4) is 0 Å². The Balaban J connectivity index is 1.92. The Kier molecular flexibility index (Phi) is 4.02. The first-order valence-corrected chi connectivity index (χ1v) is 6.20. The lowest BCUT2D eigenvalue weighted by molar-refractivity contribution is 0.0519. The molecule has 1 heterocycles. The second-order valence-corrected chi connectivity index (χ2v) is 5.15. The summed E-state index contributed by atoms with van der Waals surface area (Å²) in [6.45, 7) is 5.51. The monoisotopic (exact) mass is 274 g/mol. The van der Waals surface area contributed by atoms with E-state index in [0.717, 1.165) is 5.56 Å². The van der Waals surface area contributed by atoms with Gasteiger partial charge in [-0.2, -0.15) is 0 Å². The molecule has 0 atom stereocenters. The summed E-state index contributed by atoms with van der Waals surface area (Å²) in [5, 5.41) is 10.3. The van der Waals surface area contributed by atoms with E-state index in [4.69, 9.17) is 9.15 Å². The number of carbonyl (C=O) groups is 1. The zero-order chi connectivity index (χ0) is 14.6. The maximum Gasteiger partial charge on any atom is 0.408 e. The van der Waals surface area contributed by atoms with Gasteiger partial charge in [0.1, 0.15) is 5.60 Å². The van der Waals surface area contributed by atoms with Gasteiger partial charge in [-0.05, 0) is 39.0 Å². The summed E-state index contributed by atoms with van der Waals surface area (Å²) >= 11 is 0. The summed E-state index contributed by atoms with van der Waals surface area (Å²) in [5.74, 6) is 0.721. The minimum absolute atomic E-state index is 0.126. The molecule has 0 saturated carbocycles. The fourth-order valence-corrected chi connectivity index (χ4v) is 1.43. The van der Waals surface area contributed by atoms with Crippen molar-refractivity contribution in [3.05, 3.63) is 36.2 Å².